The van der Waals surface area contributed by atoms with Gasteiger partial charge in [-0.2, -0.15) is 0 Å². The van der Waals surface area contributed by atoms with E-state index < -0.39 is 17.5 Å². The highest BCUT2D eigenvalue weighted by molar-refractivity contribution is 9.10. The van der Waals surface area contributed by atoms with Gasteiger partial charge in [-0.05, 0) is 30.3 Å². The summed E-state index contributed by atoms with van der Waals surface area (Å²) >= 11 is 3.30. The Labute approximate surface area is 125 Å². The molecule has 0 unspecified atom stereocenters. The number of fused-ring (bicyclic) bond motifs is 1. The molecule has 0 aliphatic rings. The van der Waals surface area contributed by atoms with E-state index in [1.165, 1.54) is 0 Å². The van der Waals surface area contributed by atoms with Gasteiger partial charge in [-0.15, -0.1) is 0 Å². The average Bonchev–Trinajstić information content (AvgIpc) is 2.45. The summed E-state index contributed by atoms with van der Waals surface area (Å²) in [5, 5.41) is 0.580. The van der Waals surface area contributed by atoms with Crippen molar-refractivity contribution < 1.29 is 13.2 Å². The van der Waals surface area contributed by atoms with Crippen LogP contribution in [0, 0.1) is 17.5 Å². The fourth-order valence-corrected chi connectivity index (χ4v) is 2.30. The molecule has 3 nitrogen and oxygen atoms in total. The molecule has 21 heavy (non-hydrogen) atoms. The van der Waals surface area contributed by atoms with Crippen molar-refractivity contribution in [2.45, 2.75) is 0 Å². The normalized spacial score (nSPS) is 11.0. The SMILES string of the molecule is Nc1nc(-c2ccc(F)c(F)c2F)nc2ccc(Br)cc12. The average molecular weight is 354 g/mol. The zero-order valence-electron chi connectivity index (χ0n) is 10.4. The van der Waals surface area contributed by atoms with E-state index in [4.69, 9.17) is 5.73 Å². The van der Waals surface area contributed by atoms with E-state index in [1.54, 1.807) is 18.2 Å². The van der Waals surface area contributed by atoms with E-state index in [0.717, 1.165) is 16.6 Å². The monoisotopic (exact) mass is 353 g/mol. The number of hydrogen-bond acceptors (Lipinski definition) is 3. The van der Waals surface area contributed by atoms with E-state index in [0.29, 0.717) is 10.9 Å². The van der Waals surface area contributed by atoms with Crippen LogP contribution < -0.4 is 5.73 Å². The molecule has 3 aromatic rings. The summed E-state index contributed by atoms with van der Waals surface area (Å²) in [5.74, 6) is -4.15. The highest BCUT2D eigenvalue weighted by Crippen LogP contribution is 2.28. The van der Waals surface area contributed by atoms with Gasteiger partial charge in [0.15, 0.2) is 23.3 Å². The Balaban J connectivity index is 2.27. The van der Waals surface area contributed by atoms with Crippen molar-refractivity contribution in [3.8, 4) is 11.4 Å². The van der Waals surface area contributed by atoms with Gasteiger partial charge in [-0.25, -0.2) is 23.1 Å². The zero-order chi connectivity index (χ0) is 15.1. The van der Waals surface area contributed by atoms with Crippen molar-refractivity contribution in [1.29, 1.82) is 0 Å². The molecule has 7 heteroatoms. The van der Waals surface area contributed by atoms with Gasteiger partial charge in [0, 0.05) is 9.86 Å². The van der Waals surface area contributed by atoms with Crippen LogP contribution in [0.5, 0.6) is 0 Å². The summed E-state index contributed by atoms with van der Waals surface area (Å²) in [6.07, 6.45) is 0. The number of nitrogen functional groups attached to an aromatic ring is 1. The van der Waals surface area contributed by atoms with Crippen LogP contribution in [0.25, 0.3) is 22.3 Å². The van der Waals surface area contributed by atoms with E-state index >= 15 is 0 Å². The van der Waals surface area contributed by atoms with Crippen molar-refractivity contribution in [2.24, 2.45) is 0 Å². The minimum absolute atomic E-state index is 0.0984. The number of hydrogen-bond donors (Lipinski definition) is 1. The van der Waals surface area contributed by atoms with Crippen LogP contribution in [0.15, 0.2) is 34.8 Å². The Morgan fingerprint density at radius 3 is 2.48 bits per heavy atom. The topological polar surface area (TPSA) is 51.8 Å². The molecule has 0 spiro atoms. The van der Waals surface area contributed by atoms with Gasteiger partial charge in [0.1, 0.15) is 5.82 Å². The van der Waals surface area contributed by atoms with Gasteiger partial charge in [0.05, 0.1) is 11.1 Å². The third-order valence-corrected chi connectivity index (χ3v) is 3.46. The van der Waals surface area contributed by atoms with Crippen LogP contribution in [0.4, 0.5) is 19.0 Å². The largest absolute Gasteiger partial charge is 0.383 e. The number of rotatable bonds is 1. The van der Waals surface area contributed by atoms with Gasteiger partial charge < -0.3 is 5.73 Å². The molecule has 1 aromatic heterocycles. The molecule has 0 aliphatic carbocycles. The van der Waals surface area contributed by atoms with Crippen molar-refractivity contribution in [3.05, 3.63) is 52.3 Å². The summed E-state index contributed by atoms with van der Waals surface area (Å²) < 4.78 is 40.9. The Bertz CT molecular complexity index is 868. The van der Waals surface area contributed by atoms with Crippen molar-refractivity contribution >= 4 is 32.7 Å². The molecule has 0 fully saturated rings. The Morgan fingerprint density at radius 1 is 0.952 bits per heavy atom. The van der Waals surface area contributed by atoms with Crippen molar-refractivity contribution in [1.82, 2.24) is 9.97 Å². The fraction of sp³-hybridized carbons (Fsp3) is 0. The van der Waals surface area contributed by atoms with Crippen LogP contribution in [-0.4, -0.2) is 9.97 Å². The number of aromatic nitrogens is 2. The predicted molar refractivity (Wildman–Crippen MR) is 77.0 cm³/mol. The lowest BCUT2D eigenvalue weighted by atomic mass is 10.1. The van der Waals surface area contributed by atoms with E-state index in [9.17, 15) is 13.2 Å². The maximum Gasteiger partial charge on any atom is 0.195 e. The quantitative estimate of drug-likeness (QED) is 0.671. The predicted octanol–water partition coefficient (Wildman–Crippen LogP) is 4.06. The molecule has 106 valence electrons. The minimum atomic E-state index is -1.56. The number of benzene rings is 2. The van der Waals surface area contributed by atoms with E-state index in [-0.39, 0.29) is 17.2 Å². The van der Waals surface area contributed by atoms with Crippen molar-refractivity contribution in [3.63, 3.8) is 0 Å². The number of halogens is 4. The Kier molecular flexibility index (Phi) is 3.29. The Hall–Kier alpha value is -2.15. The maximum absolute atomic E-state index is 13.8. The first kappa shape index (κ1) is 13.8. The maximum atomic E-state index is 13.8. The number of nitrogens with two attached hydrogens (primary N) is 1. The highest BCUT2D eigenvalue weighted by atomic mass is 79.9. The summed E-state index contributed by atoms with van der Waals surface area (Å²) in [4.78, 5) is 8.10. The standard InChI is InChI=1S/C14H7BrF3N3/c15-6-1-4-10-8(5-6)13(19)21-14(20-10)7-2-3-9(16)12(18)11(7)17/h1-5H,(H2,19,20,21). The molecule has 0 atom stereocenters. The zero-order valence-corrected chi connectivity index (χ0v) is 12.0. The third-order valence-electron chi connectivity index (χ3n) is 2.96. The minimum Gasteiger partial charge on any atom is -0.383 e. The van der Waals surface area contributed by atoms with Crippen LogP contribution >= 0.6 is 15.9 Å². The van der Waals surface area contributed by atoms with Crippen LogP contribution in [-0.2, 0) is 0 Å². The number of anilines is 1. The molecular weight excluding hydrogens is 347 g/mol. The second-order valence-electron chi connectivity index (χ2n) is 4.32. The summed E-state index contributed by atoms with van der Waals surface area (Å²) in [7, 11) is 0. The van der Waals surface area contributed by atoms with Crippen molar-refractivity contribution in [2.75, 3.05) is 5.73 Å². The van der Waals surface area contributed by atoms with Gasteiger partial charge in [-0.1, -0.05) is 15.9 Å². The molecule has 0 amide bonds. The molecule has 1 heterocycles. The lowest BCUT2D eigenvalue weighted by Crippen LogP contribution is -2.01. The van der Waals surface area contributed by atoms with Gasteiger partial charge in [0.2, 0.25) is 0 Å². The van der Waals surface area contributed by atoms with E-state index in [1.807, 2.05) is 0 Å². The molecule has 3 rings (SSSR count). The lowest BCUT2D eigenvalue weighted by Gasteiger charge is -2.07. The fourth-order valence-electron chi connectivity index (χ4n) is 1.94. The molecule has 2 N–H and O–H groups in total. The first-order valence-electron chi connectivity index (χ1n) is 5.84. The molecular formula is C14H7BrF3N3. The Morgan fingerprint density at radius 2 is 1.71 bits per heavy atom. The lowest BCUT2D eigenvalue weighted by molar-refractivity contribution is 0.448. The molecule has 0 saturated carbocycles. The third kappa shape index (κ3) is 2.33. The molecule has 0 aliphatic heterocycles. The van der Waals surface area contributed by atoms with Gasteiger partial charge >= 0.3 is 0 Å². The number of nitrogens with zero attached hydrogens (tertiary/aromatic N) is 2. The first-order chi connectivity index (χ1) is 9.97. The molecule has 0 saturated heterocycles. The molecule has 0 bridgehead atoms. The second-order valence-corrected chi connectivity index (χ2v) is 5.23. The molecule has 0 radical (unpaired) electrons. The van der Waals surface area contributed by atoms with Crippen LogP contribution in [0.2, 0.25) is 0 Å². The molecule has 2 aromatic carbocycles. The van der Waals surface area contributed by atoms with E-state index in [2.05, 4.69) is 25.9 Å². The van der Waals surface area contributed by atoms with Crippen LogP contribution in [0.1, 0.15) is 0 Å². The second kappa shape index (κ2) is 5.00. The highest BCUT2D eigenvalue weighted by Gasteiger charge is 2.17. The van der Waals surface area contributed by atoms with Crippen LogP contribution in [0.3, 0.4) is 0 Å². The van der Waals surface area contributed by atoms with Gasteiger partial charge in [-0.3, -0.25) is 0 Å². The summed E-state index contributed by atoms with van der Waals surface area (Å²) in [5.41, 5.74) is 6.05. The van der Waals surface area contributed by atoms with Gasteiger partial charge in [0.25, 0.3) is 0 Å². The smallest absolute Gasteiger partial charge is 0.195 e. The summed E-state index contributed by atoms with van der Waals surface area (Å²) in [6, 6.07) is 7.02. The summed E-state index contributed by atoms with van der Waals surface area (Å²) in [6.45, 7) is 0. The first-order valence-corrected chi connectivity index (χ1v) is 6.63.